The maximum absolute atomic E-state index is 13.4. The SMILES string of the molecule is Brc1ccc2c(c1)OCCn1cc(I)nc1-2.C[C@H]1OC(=O)N(c2cn3c(n2)-c2ccc(Br)cc2OCC3)[C@@H]1C(F)F.C[C@H]1OC(=O)N[C@@H]1C(F)F. The lowest BCUT2D eigenvalue weighted by Gasteiger charge is -2.20. The fraction of sp³-hybridized carbons (Fsp3) is 0.375. The molecule has 2 aromatic carbocycles. The van der Waals surface area contributed by atoms with Gasteiger partial charge in [-0.3, -0.25) is 0 Å². The highest BCUT2D eigenvalue weighted by atomic mass is 127. The first-order chi connectivity index (χ1) is 24.3. The zero-order valence-electron chi connectivity index (χ0n) is 26.7. The van der Waals surface area contributed by atoms with Gasteiger partial charge in [-0.2, -0.15) is 0 Å². The Morgan fingerprint density at radius 1 is 0.824 bits per heavy atom. The number of amides is 2. The van der Waals surface area contributed by atoms with Gasteiger partial charge in [-0.1, -0.05) is 31.9 Å². The predicted molar refractivity (Wildman–Crippen MR) is 192 cm³/mol. The standard InChI is InChI=1S/C16H14BrF2N3O3.C11H8BrIN2O.C5H7F2NO2/c1-8-13(14(18)19)22(16(23)25-8)12-7-21-4-5-24-11-6-9(17)2-3-10(11)15(21)20-12;12-7-1-2-8-9(5-7)16-4-3-15-6-10(13)14-11(8)15;1-2-3(4(6)7)8-5(9)10-2/h2-3,6-8,13-14H,4-5H2,1H3;1-2,5-6H,3-4H2;2-4H,1H3,(H,8,9)/t8-,13+;;2-,3+/m1.1/s1. The summed E-state index contributed by atoms with van der Waals surface area (Å²) in [6.45, 7) is 5.31. The molecule has 12 nitrogen and oxygen atoms in total. The van der Waals surface area contributed by atoms with Gasteiger partial charge in [0.15, 0.2) is 5.82 Å². The van der Waals surface area contributed by atoms with Crippen LogP contribution in [0.1, 0.15) is 13.8 Å². The Morgan fingerprint density at radius 3 is 1.90 bits per heavy atom. The Hall–Kier alpha value is -3.59. The number of alkyl halides is 4. The molecule has 4 aliphatic rings. The molecule has 51 heavy (non-hydrogen) atoms. The summed E-state index contributed by atoms with van der Waals surface area (Å²) in [4.78, 5) is 32.3. The summed E-state index contributed by atoms with van der Waals surface area (Å²) in [5.41, 5.74) is 1.80. The molecule has 0 unspecified atom stereocenters. The fourth-order valence-corrected chi connectivity index (χ4v) is 7.00. The van der Waals surface area contributed by atoms with Crippen molar-refractivity contribution in [2.45, 2.75) is 64.1 Å². The smallest absolute Gasteiger partial charge is 0.416 e. The molecule has 4 aromatic rings. The van der Waals surface area contributed by atoms with Crippen LogP contribution in [0.4, 0.5) is 33.0 Å². The number of ether oxygens (including phenoxy) is 4. The highest BCUT2D eigenvalue weighted by Crippen LogP contribution is 2.38. The number of nitrogens with one attached hydrogen (secondary N) is 1. The third kappa shape index (κ3) is 8.08. The molecule has 2 aromatic heterocycles. The van der Waals surface area contributed by atoms with Gasteiger partial charge in [0.2, 0.25) is 0 Å². The lowest BCUT2D eigenvalue weighted by molar-refractivity contribution is 0.0663. The number of carbonyl (C=O) groups is 2. The van der Waals surface area contributed by atoms with Crippen LogP contribution in [-0.2, 0) is 22.6 Å². The van der Waals surface area contributed by atoms with E-state index in [1.165, 1.54) is 13.8 Å². The van der Waals surface area contributed by atoms with Gasteiger partial charge in [0.05, 0.1) is 24.2 Å². The number of anilines is 1. The Kier molecular flexibility index (Phi) is 11.3. The molecule has 2 saturated heterocycles. The number of carbonyl (C=O) groups excluding carboxylic acids is 2. The largest absolute Gasteiger partial charge is 0.491 e. The molecular formula is C32H29Br2F4IN6O6. The Labute approximate surface area is 319 Å². The van der Waals surface area contributed by atoms with Gasteiger partial charge < -0.3 is 33.4 Å². The van der Waals surface area contributed by atoms with Crippen LogP contribution >= 0.6 is 54.5 Å². The van der Waals surface area contributed by atoms with E-state index in [-0.39, 0.29) is 5.82 Å². The van der Waals surface area contributed by atoms with Crippen LogP contribution in [0, 0.1) is 3.70 Å². The summed E-state index contributed by atoms with van der Waals surface area (Å²) in [6.07, 6.45) is -4.85. The quantitative estimate of drug-likeness (QED) is 0.164. The second-order valence-electron chi connectivity index (χ2n) is 11.6. The number of hydrogen-bond acceptors (Lipinski definition) is 8. The number of nitrogens with zero attached hydrogens (tertiary/aromatic N) is 5. The number of cyclic esters (lactones) is 2. The van der Waals surface area contributed by atoms with E-state index >= 15 is 0 Å². The van der Waals surface area contributed by atoms with E-state index in [1.807, 2.05) is 41.7 Å². The van der Waals surface area contributed by atoms with E-state index in [2.05, 4.69) is 79.9 Å². The molecule has 6 heterocycles. The van der Waals surface area contributed by atoms with Crippen molar-refractivity contribution in [2.24, 2.45) is 0 Å². The second kappa shape index (κ2) is 15.6. The average molecular weight is 956 g/mol. The van der Waals surface area contributed by atoms with Crippen LogP contribution in [0.3, 0.4) is 0 Å². The van der Waals surface area contributed by atoms with Crippen molar-refractivity contribution in [1.82, 2.24) is 24.4 Å². The van der Waals surface area contributed by atoms with Gasteiger partial charge in [0, 0.05) is 21.3 Å². The molecule has 19 heteroatoms. The third-order valence-electron chi connectivity index (χ3n) is 8.18. The summed E-state index contributed by atoms with van der Waals surface area (Å²) in [7, 11) is 0. The van der Waals surface area contributed by atoms with Gasteiger partial charge in [-0.05, 0) is 72.8 Å². The Morgan fingerprint density at radius 2 is 1.39 bits per heavy atom. The minimum Gasteiger partial charge on any atom is -0.491 e. The number of rotatable bonds is 3. The molecule has 2 fully saturated rings. The minimum absolute atomic E-state index is 0.158. The molecular weight excluding hydrogens is 927 g/mol. The van der Waals surface area contributed by atoms with Crippen LogP contribution in [0.15, 0.2) is 57.7 Å². The van der Waals surface area contributed by atoms with Gasteiger partial charge in [0.25, 0.3) is 12.9 Å². The highest BCUT2D eigenvalue weighted by Gasteiger charge is 2.47. The zero-order chi connectivity index (χ0) is 36.6. The molecule has 272 valence electrons. The first-order valence-electron chi connectivity index (χ1n) is 15.5. The van der Waals surface area contributed by atoms with E-state index in [1.54, 1.807) is 10.8 Å². The van der Waals surface area contributed by atoms with Gasteiger partial charge in [-0.25, -0.2) is 42.0 Å². The minimum atomic E-state index is -2.73. The number of aromatic nitrogens is 4. The first kappa shape index (κ1) is 37.2. The van der Waals surface area contributed by atoms with E-state index in [0.29, 0.717) is 31.3 Å². The molecule has 8 rings (SSSR count). The number of hydrogen-bond donors (Lipinski definition) is 1. The third-order valence-corrected chi connectivity index (χ3v) is 9.69. The van der Waals surface area contributed by atoms with Crippen molar-refractivity contribution in [3.05, 3.63) is 61.4 Å². The fourth-order valence-electron chi connectivity index (χ4n) is 5.76. The molecule has 0 aliphatic carbocycles. The monoisotopic (exact) mass is 954 g/mol. The lowest BCUT2D eigenvalue weighted by Crippen LogP contribution is -2.41. The number of imidazole rings is 2. The van der Waals surface area contributed by atoms with Gasteiger partial charge in [0.1, 0.15) is 64.4 Å². The maximum atomic E-state index is 13.4. The summed E-state index contributed by atoms with van der Waals surface area (Å²) in [6, 6.07) is 9.06. The van der Waals surface area contributed by atoms with Crippen LogP contribution in [0.2, 0.25) is 0 Å². The van der Waals surface area contributed by atoms with E-state index < -0.39 is 49.3 Å². The molecule has 0 radical (unpaired) electrons. The van der Waals surface area contributed by atoms with E-state index in [0.717, 1.165) is 46.8 Å². The summed E-state index contributed by atoms with van der Waals surface area (Å²) in [5, 5.41) is 1.99. The highest BCUT2D eigenvalue weighted by molar-refractivity contribution is 14.1. The van der Waals surface area contributed by atoms with Gasteiger partial charge >= 0.3 is 12.2 Å². The molecule has 4 aliphatic heterocycles. The first-order valence-corrected chi connectivity index (χ1v) is 18.2. The Bertz CT molecular complexity index is 1930. The second-order valence-corrected chi connectivity index (χ2v) is 14.5. The number of fused-ring (bicyclic) bond motifs is 6. The number of halogens is 7. The van der Waals surface area contributed by atoms with Crippen LogP contribution in [0.25, 0.3) is 22.8 Å². The van der Waals surface area contributed by atoms with Crippen molar-refractivity contribution in [1.29, 1.82) is 0 Å². The summed E-state index contributed by atoms with van der Waals surface area (Å²) >= 11 is 9.08. The molecule has 0 spiro atoms. The van der Waals surface area contributed by atoms with Crippen LogP contribution in [0.5, 0.6) is 11.5 Å². The normalized spacial score (nSPS) is 21.5. The summed E-state index contributed by atoms with van der Waals surface area (Å²) < 4.78 is 78.2. The predicted octanol–water partition coefficient (Wildman–Crippen LogP) is 7.74. The summed E-state index contributed by atoms with van der Waals surface area (Å²) in [5.74, 6) is 3.26. The lowest BCUT2D eigenvalue weighted by atomic mass is 10.2. The zero-order valence-corrected chi connectivity index (χ0v) is 32.1. The van der Waals surface area contributed by atoms with Crippen LogP contribution < -0.4 is 19.7 Å². The maximum Gasteiger partial charge on any atom is 0.416 e. The van der Waals surface area contributed by atoms with Crippen molar-refractivity contribution in [3.8, 4) is 34.3 Å². The molecule has 1 N–H and O–H groups in total. The molecule has 4 atom stereocenters. The topological polar surface area (TPSA) is 122 Å². The van der Waals surface area contributed by atoms with Crippen molar-refractivity contribution >= 4 is 72.5 Å². The van der Waals surface area contributed by atoms with Crippen molar-refractivity contribution in [3.63, 3.8) is 0 Å². The average Bonchev–Trinajstić information content (AvgIpc) is 3.77. The van der Waals surface area contributed by atoms with Crippen molar-refractivity contribution in [2.75, 3.05) is 18.1 Å². The van der Waals surface area contributed by atoms with Gasteiger partial charge in [-0.15, -0.1) is 0 Å². The Balaban J connectivity index is 0.000000147. The molecule has 0 saturated carbocycles. The van der Waals surface area contributed by atoms with Crippen molar-refractivity contribution < 1.29 is 46.1 Å². The molecule has 2 amide bonds. The van der Waals surface area contributed by atoms with E-state index in [9.17, 15) is 27.2 Å². The van der Waals surface area contributed by atoms with E-state index in [4.69, 9.17) is 14.2 Å². The molecule has 0 bridgehead atoms. The number of alkyl carbamates (subject to hydrolysis) is 1. The van der Waals surface area contributed by atoms with Crippen LogP contribution in [-0.4, -0.2) is 81.6 Å². The number of benzene rings is 2.